The van der Waals surface area contributed by atoms with Gasteiger partial charge in [0, 0.05) is 19.4 Å². The van der Waals surface area contributed by atoms with Crippen LogP contribution in [0.3, 0.4) is 0 Å². The van der Waals surface area contributed by atoms with Crippen LogP contribution in [0.5, 0.6) is 11.5 Å². The third-order valence-corrected chi connectivity index (χ3v) is 3.56. The van der Waals surface area contributed by atoms with Crippen molar-refractivity contribution in [2.24, 2.45) is 5.92 Å². The van der Waals surface area contributed by atoms with Gasteiger partial charge in [-0.2, -0.15) is 0 Å². The standard InChI is InChI=1S/C19H28N2O7/c1-12(2)10-13(3)27-16(23)11-21-19(24)17-18(14(26-5)6-8-20-17)28-15(22)7-9-25-4/h6,8,12-13H,7,9-11H2,1-5H3,(H,21,24). The summed E-state index contributed by atoms with van der Waals surface area (Å²) < 4.78 is 20.4. The van der Waals surface area contributed by atoms with E-state index < -0.39 is 17.8 Å². The first-order valence-electron chi connectivity index (χ1n) is 8.98. The number of ether oxygens (including phenoxy) is 4. The second-order valence-corrected chi connectivity index (χ2v) is 6.52. The van der Waals surface area contributed by atoms with E-state index in [1.54, 1.807) is 6.92 Å². The molecule has 0 aromatic carbocycles. The van der Waals surface area contributed by atoms with Crippen molar-refractivity contribution in [1.29, 1.82) is 0 Å². The first-order chi connectivity index (χ1) is 13.3. The van der Waals surface area contributed by atoms with Crippen LogP contribution in [0.15, 0.2) is 12.3 Å². The van der Waals surface area contributed by atoms with E-state index in [2.05, 4.69) is 10.3 Å². The molecule has 0 spiro atoms. The minimum Gasteiger partial charge on any atom is -0.493 e. The Bertz CT molecular complexity index is 676. The molecule has 0 aliphatic carbocycles. The fourth-order valence-corrected chi connectivity index (χ4v) is 2.42. The van der Waals surface area contributed by atoms with Crippen molar-refractivity contribution in [2.75, 3.05) is 27.4 Å². The minimum atomic E-state index is -0.693. The molecule has 1 heterocycles. The van der Waals surface area contributed by atoms with Gasteiger partial charge >= 0.3 is 11.9 Å². The van der Waals surface area contributed by atoms with Crippen LogP contribution in [0.2, 0.25) is 0 Å². The van der Waals surface area contributed by atoms with Gasteiger partial charge in [0.05, 0.1) is 26.2 Å². The van der Waals surface area contributed by atoms with Gasteiger partial charge in [-0.3, -0.25) is 14.4 Å². The molecule has 0 saturated heterocycles. The van der Waals surface area contributed by atoms with Crippen LogP contribution in [0, 0.1) is 5.92 Å². The molecule has 1 aromatic heterocycles. The van der Waals surface area contributed by atoms with E-state index >= 15 is 0 Å². The lowest BCUT2D eigenvalue weighted by Gasteiger charge is -2.16. The van der Waals surface area contributed by atoms with Gasteiger partial charge in [-0.05, 0) is 19.3 Å². The molecule has 0 saturated carbocycles. The first kappa shape index (κ1) is 23.4. The molecule has 1 amide bonds. The number of nitrogens with one attached hydrogen (secondary N) is 1. The highest BCUT2D eigenvalue weighted by Gasteiger charge is 2.22. The Hall–Kier alpha value is -2.68. The largest absolute Gasteiger partial charge is 0.493 e. The van der Waals surface area contributed by atoms with Crippen molar-refractivity contribution in [2.45, 2.75) is 39.7 Å². The molecule has 156 valence electrons. The molecule has 28 heavy (non-hydrogen) atoms. The van der Waals surface area contributed by atoms with Crippen LogP contribution in [0.1, 0.15) is 44.1 Å². The third-order valence-electron chi connectivity index (χ3n) is 3.56. The summed E-state index contributed by atoms with van der Waals surface area (Å²) in [5, 5.41) is 2.42. The smallest absolute Gasteiger partial charge is 0.325 e. The van der Waals surface area contributed by atoms with Crippen molar-refractivity contribution in [3.63, 3.8) is 0 Å². The summed E-state index contributed by atoms with van der Waals surface area (Å²) in [6, 6.07) is 1.46. The summed E-state index contributed by atoms with van der Waals surface area (Å²) in [6.07, 6.45) is 1.80. The number of hydrogen-bond acceptors (Lipinski definition) is 8. The van der Waals surface area contributed by atoms with E-state index in [0.717, 1.165) is 6.42 Å². The van der Waals surface area contributed by atoms with Gasteiger partial charge in [-0.25, -0.2) is 4.98 Å². The van der Waals surface area contributed by atoms with Crippen molar-refractivity contribution in [3.8, 4) is 11.5 Å². The van der Waals surface area contributed by atoms with Crippen LogP contribution in [0.25, 0.3) is 0 Å². The maximum absolute atomic E-state index is 12.4. The number of carbonyl (C=O) groups is 3. The van der Waals surface area contributed by atoms with Crippen molar-refractivity contribution in [1.82, 2.24) is 10.3 Å². The van der Waals surface area contributed by atoms with Gasteiger partial charge in [0.15, 0.2) is 11.4 Å². The molecule has 1 rings (SSSR count). The quantitative estimate of drug-likeness (QED) is 0.563. The average Bonchev–Trinajstić information content (AvgIpc) is 2.63. The molecular formula is C19H28N2O7. The number of methoxy groups -OCH3 is 2. The lowest BCUT2D eigenvalue weighted by atomic mass is 10.1. The molecule has 1 aromatic rings. The predicted molar refractivity (Wildman–Crippen MR) is 100 cm³/mol. The third kappa shape index (κ3) is 7.91. The summed E-state index contributed by atoms with van der Waals surface area (Å²) in [5.41, 5.74) is -0.173. The lowest BCUT2D eigenvalue weighted by molar-refractivity contribution is -0.147. The second kappa shape index (κ2) is 11.9. The van der Waals surface area contributed by atoms with Crippen LogP contribution >= 0.6 is 0 Å². The highest BCUT2D eigenvalue weighted by molar-refractivity contribution is 5.98. The number of esters is 2. The summed E-state index contributed by atoms with van der Waals surface area (Å²) in [7, 11) is 2.83. The van der Waals surface area contributed by atoms with Crippen molar-refractivity contribution >= 4 is 17.8 Å². The summed E-state index contributed by atoms with van der Waals surface area (Å²) in [6.45, 7) is 5.67. The molecule has 0 aliphatic heterocycles. The monoisotopic (exact) mass is 396 g/mol. The number of carbonyl (C=O) groups excluding carboxylic acids is 3. The molecule has 1 atom stereocenters. The minimum absolute atomic E-state index is 0.00429. The summed E-state index contributed by atoms with van der Waals surface area (Å²) >= 11 is 0. The van der Waals surface area contributed by atoms with Crippen LogP contribution in [-0.2, 0) is 19.1 Å². The number of amides is 1. The Kier molecular flexibility index (Phi) is 9.94. The van der Waals surface area contributed by atoms with Gasteiger partial charge in [-0.1, -0.05) is 13.8 Å². The Morgan fingerprint density at radius 2 is 1.86 bits per heavy atom. The molecule has 0 fully saturated rings. The molecule has 1 unspecified atom stereocenters. The zero-order valence-electron chi connectivity index (χ0n) is 16.9. The molecule has 0 bridgehead atoms. The number of nitrogens with zero attached hydrogens (tertiary/aromatic N) is 1. The fraction of sp³-hybridized carbons (Fsp3) is 0.579. The SMILES string of the molecule is COCCC(=O)Oc1c(OC)ccnc1C(=O)NCC(=O)OC(C)CC(C)C. The van der Waals surface area contributed by atoms with Crippen LogP contribution in [0.4, 0.5) is 0 Å². The number of aromatic nitrogens is 1. The fourth-order valence-electron chi connectivity index (χ4n) is 2.42. The second-order valence-electron chi connectivity index (χ2n) is 6.52. The van der Waals surface area contributed by atoms with E-state index in [0.29, 0.717) is 5.92 Å². The van der Waals surface area contributed by atoms with E-state index in [1.807, 2.05) is 13.8 Å². The van der Waals surface area contributed by atoms with E-state index in [9.17, 15) is 14.4 Å². The lowest BCUT2D eigenvalue weighted by Crippen LogP contribution is -2.33. The number of hydrogen-bond donors (Lipinski definition) is 1. The van der Waals surface area contributed by atoms with Crippen LogP contribution < -0.4 is 14.8 Å². The van der Waals surface area contributed by atoms with Crippen LogP contribution in [-0.4, -0.2) is 56.3 Å². The predicted octanol–water partition coefficient (Wildman–Crippen LogP) is 1.74. The highest BCUT2D eigenvalue weighted by atomic mass is 16.6. The zero-order chi connectivity index (χ0) is 21.1. The molecule has 0 aliphatic rings. The van der Waals surface area contributed by atoms with E-state index in [-0.39, 0.29) is 42.9 Å². The Morgan fingerprint density at radius 3 is 2.46 bits per heavy atom. The number of pyridine rings is 1. The highest BCUT2D eigenvalue weighted by Crippen LogP contribution is 2.29. The Labute approximate surface area is 164 Å². The summed E-state index contributed by atoms with van der Waals surface area (Å²) in [4.78, 5) is 40.2. The molecular weight excluding hydrogens is 368 g/mol. The summed E-state index contributed by atoms with van der Waals surface area (Å²) in [5.74, 6) is -1.44. The van der Waals surface area contributed by atoms with Gasteiger partial charge in [0.25, 0.3) is 5.91 Å². The van der Waals surface area contributed by atoms with Crippen molar-refractivity contribution in [3.05, 3.63) is 18.0 Å². The number of rotatable bonds is 11. The maximum atomic E-state index is 12.4. The van der Waals surface area contributed by atoms with Gasteiger partial charge in [0.2, 0.25) is 5.75 Å². The molecule has 1 N–H and O–H groups in total. The Morgan fingerprint density at radius 1 is 1.14 bits per heavy atom. The zero-order valence-corrected chi connectivity index (χ0v) is 16.9. The van der Waals surface area contributed by atoms with E-state index in [4.69, 9.17) is 18.9 Å². The van der Waals surface area contributed by atoms with Gasteiger partial charge < -0.3 is 24.3 Å². The van der Waals surface area contributed by atoms with E-state index in [1.165, 1.54) is 26.5 Å². The molecule has 9 heteroatoms. The Balaban J connectivity index is 2.78. The normalized spacial score (nSPS) is 11.6. The molecule has 0 radical (unpaired) electrons. The van der Waals surface area contributed by atoms with Crippen molar-refractivity contribution < 1.29 is 33.3 Å². The first-order valence-corrected chi connectivity index (χ1v) is 8.98. The van der Waals surface area contributed by atoms with Gasteiger partial charge in [0.1, 0.15) is 6.54 Å². The van der Waals surface area contributed by atoms with Gasteiger partial charge in [-0.15, -0.1) is 0 Å². The maximum Gasteiger partial charge on any atom is 0.325 e. The molecule has 9 nitrogen and oxygen atoms in total. The average molecular weight is 396 g/mol. The topological polar surface area (TPSA) is 113 Å².